The number of anilines is 1. The molecular weight excluding hydrogens is 237 g/mol. The summed E-state index contributed by atoms with van der Waals surface area (Å²) in [5.74, 6) is 0. The zero-order chi connectivity index (χ0) is 11.8. The Balaban J connectivity index is 2.46. The molecule has 1 aromatic heterocycles. The number of nitrogen functional groups attached to an aromatic ring is 1. The number of hydrogen-bond donors (Lipinski definition) is 1. The Bertz CT molecular complexity index is 491. The quantitative estimate of drug-likeness (QED) is 0.781. The summed E-state index contributed by atoms with van der Waals surface area (Å²) >= 11 is 1.33. The average molecular weight is 244 g/mol. The fraction of sp³-hybridized carbons (Fsp3) is 0.100. The van der Waals surface area contributed by atoms with Gasteiger partial charge in [-0.05, 0) is 12.1 Å². The predicted octanol–water partition coefficient (Wildman–Crippen LogP) is 3.41. The number of alkyl halides is 3. The highest BCUT2D eigenvalue weighted by Crippen LogP contribution is 2.35. The van der Waals surface area contributed by atoms with Crippen LogP contribution >= 0.6 is 11.3 Å². The van der Waals surface area contributed by atoms with Gasteiger partial charge in [0, 0.05) is 17.4 Å². The first-order chi connectivity index (χ1) is 7.48. The van der Waals surface area contributed by atoms with Gasteiger partial charge in [0.1, 0.15) is 0 Å². The third-order valence-corrected chi connectivity index (χ3v) is 2.88. The average Bonchev–Trinajstić information content (AvgIpc) is 2.69. The van der Waals surface area contributed by atoms with E-state index in [9.17, 15) is 13.2 Å². The number of nitrogens with two attached hydrogens (primary N) is 1. The molecule has 6 heteroatoms. The van der Waals surface area contributed by atoms with Crippen molar-refractivity contribution in [3.63, 3.8) is 0 Å². The van der Waals surface area contributed by atoms with E-state index < -0.39 is 11.7 Å². The maximum Gasteiger partial charge on any atom is 0.416 e. The summed E-state index contributed by atoms with van der Waals surface area (Å²) < 4.78 is 37.1. The molecule has 0 saturated heterocycles. The van der Waals surface area contributed by atoms with E-state index in [-0.39, 0.29) is 5.69 Å². The molecule has 1 heterocycles. The van der Waals surface area contributed by atoms with E-state index in [0.29, 0.717) is 5.56 Å². The van der Waals surface area contributed by atoms with Gasteiger partial charge in [0.25, 0.3) is 0 Å². The second-order valence-electron chi connectivity index (χ2n) is 3.17. The molecule has 0 radical (unpaired) electrons. The van der Waals surface area contributed by atoms with Gasteiger partial charge in [-0.2, -0.15) is 13.2 Å². The van der Waals surface area contributed by atoms with Crippen LogP contribution in [-0.4, -0.2) is 4.98 Å². The lowest BCUT2D eigenvalue weighted by Gasteiger charge is -2.09. The Hall–Kier alpha value is -1.56. The van der Waals surface area contributed by atoms with Crippen LogP contribution in [0.15, 0.2) is 29.9 Å². The van der Waals surface area contributed by atoms with Gasteiger partial charge >= 0.3 is 6.18 Å². The number of nitrogens with zero attached hydrogens (tertiary/aromatic N) is 1. The Labute approximate surface area is 93.5 Å². The van der Waals surface area contributed by atoms with E-state index >= 15 is 0 Å². The summed E-state index contributed by atoms with van der Waals surface area (Å²) in [4.78, 5) is 4.61. The topological polar surface area (TPSA) is 38.9 Å². The van der Waals surface area contributed by atoms with E-state index in [1.54, 1.807) is 11.7 Å². The molecule has 1 aromatic carbocycles. The SMILES string of the molecule is Nc1cc(C(F)(F)F)ccc1-c1cncs1. The van der Waals surface area contributed by atoms with Crippen molar-refractivity contribution in [3.05, 3.63) is 35.5 Å². The van der Waals surface area contributed by atoms with Crippen LogP contribution in [-0.2, 0) is 6.18 Å². The molecule has 0 atom stereocenters. The van der Waals surface area contributed by atoms with E-state index in [1.165, 1.54) is 17.4 Å². The van der Waals surface area contributed by atoms with Crippen molar-refractivity contribution >= 4 is 17.0 Å². The van der Waals surface area contributed by atoms with Gasteiger partial charge < -0.3 is 5.73 Å². The first kappa shape index (κ1) is 10.9. The van der Waals surface area contributed by atoms with Crippen molar-refractivity contribution in [1.82, 2.24) is 4.98 Å². The molecule has 0 bridgehead atoms. The lowest BCUT2D eigenvalue weighted by Crippen LogP contribution is -2.05. The largest absolute Gasteiger partial charge is 0.416 e. The van der Waals surface area contributed by atoms with Gasteiger partial charge in [0.2, 0.25) is 0 Å². The van der Waals surface area contributed by atoms with Crippen molar-refractivity contribution in [1.29, 1.82) is 0 Å². The standard InChI is InChI=1S/C10H7F3N2S/c11-10(12,13)6-1-2-7(8(14)3-6)9-4-15-5-16-9/h1-5H,14H2. The van der Waals surface area contributed by atoms with Gasteiger partial charge in [-0.25, -0.2) is 0 Å². The number of hydrogen-bond acceptors (Lipinski definition) is 3. The number of benzene rings is 1. The Morgan fingerprint density at radius 1 is 1.25 bits per heavy atom. The molecule has 0 spiro atoms. The molecule has 0 aliphatic heterocycles. The summed E-state index contributed by atoms with van der Waals surface area (Å²) in [5.41, 5.74) is 7.14. The van der Waals surface area contributed by atoms with Crippen molar-refractivity contribution in [2.45, 2.75) is 6.18 Å². The van der Waals surface area contributed by atoms with E-state index in [4.69, 9.17) is 5.73 Å². The van der Waals surface area contributed by atoms with Gasteiger partial charge in [0.15, 0.2) is 0 Å². The molecule has 2 aromatic rings. The molecule has 2 N–H and O–H groups in total. The minimum absolute atomic E-state index is 0.110. The third kappa shape index (κ3) is 2.01. The van der Waals surface area contributed by atoms with Gasteiger partial charge in [-0.1, -0.05) is 6.07 Å². The summed E-state index contributed by atoms with van der Waals surface area (Å²) in [6.45, 7) is 0. The first-order valence-electron chi connectivity index (χ1n) is 4.34. The van der Waals surface area contributed by atoms with Crippen LogP contribution in [0.2, 0.25) is 0 Å². The zero-order valence-corrected chi connectivity index (χ0v) is 8.77. The molecular formula is C10H7F3N2S. The normalized spacial score (nSPS) is 11.7. The van der Waals surface area contributed by atoms with Crippen LogP contribution < -0.4 is 5.73 Å². The molecule has 0 unspecified atom stereocenters. The Morgan fingerprint density at radius 3 is 2.50 bits per heavy atom. The minimum atomic E-state index is -4.36. The van der Waals surface area contributed by atoms with E-state index in [0.717, 1.165) is 17.0 Å². The predicted molar refractivity (Wildman–Crippen MR) is 57.0 cm³/mol. The van der Waals surface area contributed by atoms with Gasteiger partial charge in [-0.15, -0.1) is 11.3 Å². The smallest absolute Gasteiger partial charge is 0.398 e. The van der Waals surface area contributed by atoms with Crippen molar-refractivity contribution in [3.8, 4) is 10.4 Å². The molecule has 84 valence electrons. The van der Waals surface area contributed by atoms with Crippen LogP contribution in [0.4, 0.5) is 18.9 Å². The molecule has 2 nitrogen and oxygen atoms in total. The lowest BCUT2D eigenvalue weighted by atomic mass is 10.1. The van der Waals surface area contributed by atoms with Crippen molar-refractivity contribution in [2.75, 3.05) is 5.73 Å². The molecule has 0 amide bonds. The molecule has 0 saturated carbocycles. The van der Waals surface area contributed by atoms with Crippen molar-refractivity contribution in [2.24, 2.45) is 0 Å². The van der Waals surface area contributed by atoms with Crippen LogP contribution in [0.5, 0.6) is 0 Å². The summed E-state index contributed by atoms with van der Waals surface area (Å²) in [6.07, 6.45) is -2.79. The monoisotopic (exact) mass is 244 g/mol. The molecule has 0 fully saturated rings. The maximum absolute atomic E-state index is 12.4. The highest BCUT2D eigenvalue weighted by molar-refractivity contribution is 7.13. The third-order valence-electron chi connectivity index (χ3n) is 2.08. The minimum Gasteiger partial charge on any atom is -0.398 e. The first-order valence-corrected chi connectivity index (χ1v) is 5.22. The molecule has 0 aliphatic carbocycles. The number of rotatable bonds is 1. The van der Waals surface area contributed by atoms with Crippen LogP contribution in [0.3, 0.4) is 0 Å². The number of aromatic nitrogens is 1. The highest BCUT2D eigenvalue weighted by Gasteiger charge is 2.30. The lowest BCUT2D eigenvalue weighted by molar-refractivity contribution is -0.137. The fourth-order valence-electron chi connectivity index (χ4n) is 1.31. The van der Waals surface area contributed by atoms with Crippen molar-refractivity contribution < 1.29 is 13.2 Å². The molecule has 2 rings (SSSR count). The van der Waals surface area contributed by atoms with Crippen LogP contribution in [0.1, 0.15) is 5.56 Å². The highest BCUT2D eigenvalue weighted by atomic mass is 32.1. The zero-order valence-electron chi connectivity index (χ0n) is 7.95. The fourth-order valence-corrected chi connectivity index (χ4v) is 1.98. The van der Waals surface area contributed by atoms with E-state index in [2.05, 4.69) is 4.98 Å². The van der Waals surface area contributed by atoms with E-state index in [1.807, 2.05) is 0 Å². The molecule has 16 heavy (non-hydrogen) atoms. The van der Waals surface area contributed by atoms with Gasteiger partial charge in [0.05, 0.1) is 16.0 Å². The summed E-state index contributed by atoms with van der Waals surface area (Å²) in [7, 11) is 0. The number of thiazole rings is 1. The Morgan fingerprint density at radius 2 is 2.00 bits per heavy atom. The number of halogens is 3. The van der Waals surface area contributed by atoms with Gasteiger partial charge in [-0.3, -0.25) is 4.98 Å². The van der Waals surface area contributed by atoms with Crippen LogP contribution in [0, 0.1) is 0 Å². The second kappa shape index (κ2) is 3.79. The Kier molecular flexibility index (Phi) is 2.59. The second-order valence-corrected chi connectivity index (χ2v) is 4.05. The summed E-state index contributed by atoms with van der Waals surface area (Å²) in [6, 6.07) is 3.33. The molecule has 0 aliphatic rings. The van der Waals surface area contributed by atoms with Crippen LogP contribution in [0.25, 0.3) is 10.4 Å². The summed E-state index contributed by atoms with van der Waals surface area (Å²) in [5, 5.41) is 0. The maximum atomic E-state index is 12.4.